The van der Waals surface area contributed by atoms with Crippen LogP contribution >= 0.6 is 0 Å². The van der Waals surface area contributed by atoms with Crippen molar-refractivity contribution in [3.05, 3.63) is 29.5 Å². The second-order valence-electron chi connectivity index (χ2n) is 6.07. The normalized spacial score (nSPS) is 11.0. The van der Waals surface area contributed by atoms with Gasteiger partial charge in [0.2, 0.25) is 0 Å². The predicted molar refractivity (Wildman–Crippen MR) is 97.9 cm³/mol. The van der Waals surface area contributed by atoms with Crippen LogP contribution in [0.4, 0.5) is 0 Å². The molecule has 0 aliphatic heterocycles. The van der Waals surface area contributed by atoms with E-state index in [1.807, 2.05) is 26.0 Å². The van der Waals surface area contributed by atoms with E-state index in [9.17, 15) is 4.79 Å². The van der Waals surface area contributed by atoms with Crippen LogP contribution in [0.1, 0.15) is 62.5 Å². The summed E-state index contributed by atoms with van der Waals surface area (Å²) in [4.78, 5) is 12.5. The molecule has 0 fully saturated rings. The Hall–Kier alpha value is -1.97. The molecule has 0 radical (unpaired) electrons. The van der Waals surface area contributed by atoms with Gasteiger partial charge in [-0.2, -0.15) is 0 Å². The van der Waals surface area contributed by atoms with Gasteiger partial charge < -0.3 is 14.0 Å². The molecule has 2 rings (SSSR count). The largest absolute Gasteiger partial charge is 0.494 e. The van der Waals surface area contributed by atoms with Crippen molar-refractivity contribution in [1.29, 1.82) is 0 Å². The lowest BCUT2D eigenvalue weighted by Crippen LogP contribution is -2.07. The molecular formula is C20H29NO3. The van der Waals surface area contributed by atoms with Crippen LogP contribution in [0.15, 0.2) is 18.2 Å². The van der Waals surface area contributed by atoms with Crippen molar-refractivity contribution in [3.8, 4) is 5.75 Å². The highest BCUT2D eigenvalue weighted by atomic mass is 16.5. The van der Waals surface area contributed by atoms with E-state index in [4.69, 9.17) is 9.47 Å². The summed E-state index contributed by atoms with van der Waals surface area (Å²) >= 11 is 0. The van der Waals surface area contributed by atoms with Crippen LogP contribution in [-0.4, -0.2) is 23.8 Å². The Bertz CT molecular complexity index is 688. The maximum atomic E-state index is 12.5. The second-order valence-corrected chi connectivity index (χ2v) is 6.07. The number of benzene rings is 1. The third-order valence-electron chi connectivity index (χ3n) is 4.28. The topological polar surface area (TPSA) is 40.5 Å². The zero-order valence-electron chi connectivity index (χ0n) is 15.4. The van der Waals surface area contributed by atoms with Crippen molar-refractivity contribution in [2.24, 2.45) is 0 Å². The number of hydrogen-bond donors (Lipinski definition) is 0. The van der Waals surface area contributed by atoms with Gasteiger partial charge in [0.1, 0.15) is 5.75 Å². The predicted octanol–water partition coefficient (Wildman–Crippen LogP) is 5.11. The van der Waals surface area contributed by atoms with Gasteiger partial charge in [0.25, 0.3) is 0 Å². The fraction of sp³-hybridized carbons (Fsp3) is 0.550. The molecule has 24 heavy (non-hydrogen) atoms. The fourth-order valence-electron chi connectivity index (χ4n) is 2.95. The van der Waals surface area contributed by atoms with Gasteiger partial charge >= 0.3 is 5.97 Å². The molecule has 0 aliphatic carbocycles. The minimum absolute atomic E-state index is 0.249. The van der Waals surface area contributed by atoms with Crippen LogP contribution in [0.2, 0.25) is 0 Å². The zero-order chi connectivity index (χ0) is 17.5. The molecule has 0 saturated carbocycles. The monoisotopic (exact) mass is 331 g/mol. The van der Waals surface area contributed by atoms with Crippen LogP contribution in [0.5, 0.6) is 5.75 Å². The highest BCUT2D eigenvalue weighted by Gasteiger charge is 2.21. The Morgan fingerprint density at radius 2 is 1.88 bits per heavy atom. The Morgan fingerprint density at radius 3 is 2.54 bits per heavy atom. The SMILES string of the molecule is CCCCOc1ccc2c(c1)c(C(=O)OCC)c(C)n2CCCC. The molecule has 0 aliphatic rings. The second kappa shape index (κ2) is 8.76. The van der Waals surface area contributed by atoms with Crippen molar-refractivity contribution in [2.75, 3.05) is 13.2 Å². The van der Waals surface area contributed by atoms with E-state index in [0.717, 1.165) is 54.6 Å². The molecular weight excluding hydrogens is 302 g/mol. The molecule has 0 unspecified atom stereocenters. The molecule has 4 heteroatoms. The first-order valence-corrected chi connectivity index (χ1v) is 9.06. The number of carbonyl (C=O) groups excluding carboxylic acids is 1. The number of aryl methyl sites for hydroxylation is 1. The van der Waals surface area contributed by atoms with Gasteiger partial charge in [0.05, 0.1) is 18.8 Å². The summed E-state index contributed by atoms with van der Waals surface area (Å²) in [6, 6.07) is 6.03. The lowest BCUT2D eigenvalue weighted by Gasteiger charge is -2.08. The van der Waals surface area contributed by atoms with E-state index in [2.05, 4.69) is 24.5 Å². The Labute approximate surface area is 144 Å². The Kier molecular flexibility index (Phi) is 6.71. The van der Waals surface area contributed by atoms with Crippen LogP contribution < -0.4 is 4.74 Å². The number of aromatic nitrogens is 1. The first-order valence-electron chi connectivity index (χ1n) is 9.06. The third-order valence-corrected chi connectivity index (χ3v) is 4.28. The van der Waals surface area contributed by atoms with Crippen LogP contribution in [0.3, 0.4) is 0 Å². The molecule has 1 aromatic heterocycles. The summed E-state index contributed by atoms with van der Waals surface area (Å²) in [6.07, 6.45) is 4.33. The quantitative estimate of drug-likeness (QED) is 0.474. The van der Waals surface area contributed by atoms with E-state index < -0.39 is 0 Å². The summed E-state index contributed by atoms with van der Waals surface area (Å²) in [5, 5.41) is 0.927. The molecule has 0 saturated heterocycles. The van der Waals surface area contributed by atoms with Crippen molar-refractivity contribution < 1.29 is 14.3 Å². The Morgan fingerprint density at radius 1 is 1.12 bits per heavy atom. The number of hydrogen-bond acceptors (Lipinski definition) is 3. The minimum Gasteiger partial charge on any atom is -0.494 e. The number of fused-ring (bicyclic) bond motifs is 1. The number of carbonyl (C=O) groups is 1. The van der Waals surface area contributed by atoms with Gasteiger partial charge in [0, 0.05) is 23.1 Å². The molecule has 0 N–H and O–H groups in total. The summed E-state index contributed by atoms with van der Waals surface area (Å²) < 4.78 is 13.3. The maximum Gasteiger partial charge on any atom is 0.340 e. The van der Waals surface area contributed by atoms with E-state index in [0.29, 0.717) is 18.8 Å². The summed E-state index contributed by atoms with van der Waals surface area (Å²) in [5.41, 5.74) is 2.72. The molecule has 0 amide bonds. The first-order chi connectivity index (χ1) is 11.6. The van der Waals surface area contributed by atoms with Crippen molar-refractivity contribution in [2.45, 2.75) is 59.9 Å². The third kappa shape index (κ3) is 3.92. The number of ether oxygens (including phenoxy) is 2. The zero-order valence-corrected chi connectivity index (χ0v) is 15.4. The van der Waals surface area contributed by atoms with E-state index >= 15 is 0 Å². The van der Waals surface area contributed by atoms with E-state index in [1.54, 1.807) is 0 Å². The van der Waals surface area contributed by atoms with Crippen molar-refractivity contribution in [3.63, 3.8) is 0 Å². The van der Waals surface area contributed by atoms with Gasteiger partial charge in [-0.1, -0.05) is 26.7 Å². The van der Waals surface area contributed by atoms with Gasteiger partial charge in [-0.25, -0.2) is 4.79 Å². The molecule has 0 atom stereocenters. The highest BCUT2D eigenvalue weighted by molar-refractivity contribution is 6.06. The molecule has 132 valence electrons. The Balaban J connectivity index is 2.47. The van der Waals surface area contributed by atoms with Crippen LogP contribution in [-0.2, 0) is 11.3 Å². The van der Waals surface area contributed by atoms with Gasteiger partial charge in [-0.3, -0.25) is 0 Å². The van der Waals surface area contributed by atoms with Gasteiger partial charge in [-0.05, 0) is 44.9 Å². The average Bonchev–Trinajstić information content (AvgIpc) is 2.84. The summed E-state index contributed by atoms with van der Waals surface area (Å²) in [6.45, 7) is 10.1. The van der Waals surface area contributed by atoms with Crippen LogP contribution in [0, 0.1) is 6.92 Å². The smallest absolute Gasteiger partial charge is 0.340 e. The van der Waals surface area contributed by atoms with E-state index in [-0.39, 0.29) is 5.97 Å². The first kappa shape index (κ1) is 18.4. The number of nitrogens with zero attached hydrogens (tertiary/aromatic N) is 1. The fourth-order valence-corrected chi connectivity index (χ4v) is 2.95. The lowest BCUT2D eigenvalue weighted by atomic mass is 10.1. The minimum atomic E-state index is -0.249. The molecule has 0 bridgehead atoms. The van der Waals surface area contributed by atoms with E-state index in [1.165, 1.54) is 0 Å². The molecule has 1 heterocycles. The van der Waals surface area contributed by atoms with Gasteiger partial charge in [-0.15, -0.1) is 0 Å². The number of rotatable bonds is 9. The van der Waals surface area contributed by atoms with Gasteiger partial charge in [0.15, 0.2) is 0 Å². The van der Waals surface area contributed by atoms with Crippen molar-refractivity contribution in [1.82, 2.24) is 4.57 Å². The molecule has 2 aromatic rings. The molecule has 1 aromatic carbocycles. The molecule has 4 nitrogen and oxygen atoms in total. The maximum absolute atomic E-state index is 12.5. The van der Waals surface area contributed by atoms with Crippen molar-refractivity contribution >= 4 is 16.9 Å². The number of unbranched alkanes of at least 4 members (excludes halogenated alkanes) is 2. The number of esters is 1. The summed E-state index contributed by atoms with van der Waals surface area (Å²) in [7, 11) is 0. The summed E-state index contributed by atoms with van der Waals surface area (Å²) in [5.74, 6) is 0.565. The lowest BCUT2D eigenvalue weighted by molar-refractivity contribution is 0.0527. The average molecular weight is 331 g/mol. The van der Waals surface area contributed by atoms with Crippen LogP contribution in [0.25, 0.3) is 10.9 Å². The standard InChI is InChI=1S/C20H29NO3/c1-5-8-12-21-15(4)19(20(22)23-7-3)17-14-16(10-11-18(17)21)24-13-9-6-2/h10-11,14H,5-9,12-13H2,1-4H3. The highest BCUT2D eigenvalue weighted by Crippen LogP contribution is 2.30. The molecule has 0 spiro atoms.